The van der Waals surface area contributed by atoms with Crippen LogP contribution in [0.2, 0.25) is 0 Å². The molecule has 1 aliphatic rings. The third kappa shape index (κ3) is 4.33. The second kappa shape index (κ2) is 6.16. The lowest BCUT2D eigenvalue weighted by Crippen LogP contribution is -2.29. The molecular formula is C13H15BrN2O3. The molecule has 1 aromatic carbocycles. The van der Waals surface area contributed by atoms with Crippen LogP contribution in [-0.4, -0.2) is 30.1 Å². The van der Waals surface area contributed by atoms with Gasteiger partial charge in [0.25, 0.3) is 0 Å². The number of carbonyl (C=O) groups is 2. The normalized spacial score (nSPS) is 14.2. The molecule has 1 saturated carbocycles. The van der Waals surface area contributed by atoms with E-state index >= 15 is 0 Å². The molecule has 0 spiro atoms. The van der Waals surface area contributed by atoms with Crippen molar-refractivity contribution in [2.45, 2.75) is 12.8 Å². The van der Waals surface area contributed by atoms with Crippen molar-refractivity contribution in [3.8, 4) is 0 Å². The Hall–Kier alpha value is -1.40. The molecule has 1 aromatic rings. The van der Waals surface area contributed by atoms with E-state index in [4.69, 9.17) is 5.11 Å². The number of anilines is 1. The SMILES string of the molecule is O=C(CNCC1CC1)Nc1ccc(Br)c(C(=O)O)c1. The van der Waals surface area contributed by atoms with Crippen molar-refractivity contribution in [2.75, 3.05) is 18.4 Å². The number of carboxylic acid groups (broad SMARTS) is 1. The Morgan fingerprint density at radius 2 is 2.11 bits per heavy atom. The molecule has 1 fully saturated rings. The van der Waals surface area contributed by atoms with Crippen LogP contribution in [0.3, 0.4) is 0 Å². The zero-order valence-corrected chi connectivity index (χ0v) is 11.9. The van der Waals surface area contributed by atoms with Gasteiger partial charge in [0.15, 0.2) is 0 Å². The first-order valence-electron chi connectivity index (χ1n) is 6.09. The van der Waals surface area contributed by atoms with E-state index in [0.29, 0.717) is 10.2 Å². The van der Waals surface area contributed by atoms with E-state index in [-0.39, 0.29) is 18.0 Å². The van der Waals surface area contributed by atoms with Crippen molar-refractivity contribution in [3.05, 3.63) is 28.2 Å². The Morgan fingerprint density at radius 1 is 1.37 bits per heavy atom. The van der Waals surface area contributed by atoms with E-state index < -0.39 is 5.97 Å². The molecule has 0 saturated heterocycles. The van der Waals surface area contributed by atoms with Gasteiger partial charge in [0.1, 0.15) is 0 Å². The first kappa shape index (κ1) is 14.0. The number of amides is 1. The van der Waals surface area contributed by atoms with Crippen molar-refractivity contribution < 1.29 is 14.7 Å². The lowest BCUT2D eigenvalue weighted by molar-refractivity contribution is -0.115. The zero-order chi connectivity index (χ0) is 13.8. The van der Waals surface area contributed by atoms with Crippen LogP contribution in [-0.2, 0) is 4.79 Å². The number of rotatable bonds is 6. The highest BCUT2D eigenvalue weighted by Gasteiger charge is 2.20. The Kier molecular flexibility index (Phi) is 4.55. The molecule has 0 radical (unpaired) electrons. The molecule has 2 rings (SSSR count). The van der Waals surface area contributed by atoms with Crippen molar-refractivity contribution in [3.63, 3.8) is 0 Å². The Morgan fingerprint density at radius 3 is 2.74 bits per heavy atom. The van der Waals surface area contributed by atoms with E-state index in [9.17, 15) is 9.59 Å². The molecule has 0 atom stereocenters. The summed E-state index contributed by atoms with van der Waals surface area (Å²) in [7, 11) is 0. The van der Waals surface area contributed by atoms with Gasteiger partial charge in [-0.2, -0.15) is 0 Å². The lowest BCUT2D eigenvalue weighted by atomic mass is 10.2. The van der Waals surface area contributed by atoms with Gasteiger partial charge in [-0.25, -0.2) is 4.79 Å². The Balaban J connectivity index is 1.88. The molecule has 3 N–H and O–H groups in total. The van der Waals surface area contributed by atoms with Crippen LogP contribution in [0.25, 0.3) is 0 Å². The second-order valence-electron chi connectivity index (χ2n) is 4.62. The van der Waals surface area contributed by atoms with Crippen molar-refractivity contribution >= 4 is 33.5 Å². The van der Waals surface area contributed by atoms with Crippen LogP contribution >= 0.6 is 15.9 Å². The van der Waals surface area contributed by atoms with E-state index in [1.165, 1.54) is 18.9 Å². The third-order valence-electron chi connectivity index (χ3n) is 2.90. The number of benzene rings is 1. The molecule has 1 aliphatic carbocycles. The summed E-state index contributed by atoms with van der Waals surface area (Å²) in [6, 6.07) is 4.71. The van der Waals surface area contributed by atoms with Crippen LogP contribution in [0, 0.1) is 5.92 Å². The average molecular weight is 327 g/mol. The maximum absolute atomic E-state index is 11.6. The predicted molar refractivity (Wildman–Crippen MR) is 75.3 cm³/mol. The standard InChI is InChI=1S/C13H15BrN2O3/c14-11-4-3-9(5-10(11)13(18)19)16-12(17)7-15-6-8-1-2-8/h3-5,8,15H,1-2,6-7H2,(H,16,17)(H,18,19). The van der Waals surface area contributed by atoms with E-state index in [1.54, 1.807) is 12.1 Å². The van der Waals surface area contributed by atoms with Crippen LogP contribution < -0.4 is 10.6 Å². The van der Waals surface area contributed by atoms with Crippen LogP contribution in [0.1, 0.15) is 23.2 Å². The van der Waals surface area contributed by atoms with E-state index in [0.717, 1.165) is 12.5 Å². The summed E-state index contributed by atoms with van der Waals surface area (Å²) >= 11 is 3.16. The molecular weight excluding hydrogens is 312 g/mol. The number of hydrogen-bond acceptors (Lipinski definition) is 3. The molecule has 0 aliphatic heterocycles. The zero-order valence-electron chi connectivity index (χ0n) is 10.3. The smallest absolute Gasteiger partial charge is 0.336 e. The molecule has 1 amide bonds. The van der Waals surface area contributed by atoms with Gasteiger partial charge < -0.3 is 15.7 Å². The summed E-state index contributed by atoms with van der Waals surface area (Å²) in [6.45, 7) is 1.11. The molecule has 6 heteroatoms. The largest absolute Gasteiger partial charge is 0.478 e. The maximum Gasteiger partial charge on any atom is 0.336 e. The van der Waals surface area contributed by atoms with Crippen molar-refractivity contribution in [1.29, 1.82) is 0 Å². The highest BCUT2D eigenvalue weighted by molar-refractivity contribution is 9.10. The first-order valence-corrected chi connectivity index (χ1v) is 6.89. The number of hydrogen-bond donors (Lipinski definition) is 3. The molecule has 0 aromatic heterocycles. The van der Waals surface area contributed by atoms with Gasteiger partial charge in [0.2, 0.25) is 5.91 Å². The summed E-state index contributed by atoms with van der Waals surface area (Å²) in [5, 5.41) is 14.7. The highest BCUT2D eigenvalue weighted by atomic mass is 79.9. The third-order valence-corrected chi connectivity index (χ3v) is 3.59. The second-order valence-corrected chi connectivity index (χ2v) is 5.48. The van der Waals surface area contributed by atoms with Gasteiger partial charge >= 0.3 is 5.97 Å². The summed E-state index contributed by atoms with van der Waals surface area (Å²) in [6.07, 6.45) is 2.48. The minimum atomic E-state index is -1.03. The molecule has 0 heterocycles. The number of nitrogens with one attached hydrogen (secondary N) is 2. The topological polar surface area (TPSA) is 78.4 Å². The molecule has 102 valence electrons. The van der Waals surface area contributed by atoms with Gasteiger partial charge in [-0.1, -0.05) is 0 Å². The number of carboxylic acids is 1. The van der Waals surface area contributed by atoms with Gasteiger partial charge in [-0.05, 0) is 59.4 Å². The lowest BCUT2D eigenvalue weighted by Gasteiger charge is -2.08. The van der Waals surface area contributed by atoms with Crippen molar-refractivity contribution in [1.82, 2.24) is 5.32 Å². The maximum atomic E-state index is 11.6. The highest BCUT2D eigenvalue weighted by Crippen LogP contribution is 2.27. The van der Waals surface area contributed by atoms with Gasteiger partial charge in [0, 0.05) is 10.2 Å². The average Bonchev–Trinajstić information content (AvgIpc) is 3.15. The molecule has 19 heavy (non-hydrogen) atoms. The number of carbonyl (C=O) groups excluding carboxylic acids is 1. The fraction of sp³-hybridized carbons (Fsp3) is 0.385. The summed E-state index contributed by atoms with van der Waals surface area (Å²) in [4.78, 5) is 22.6. The van der Waals surface area contributed by atoms with Gasteiger partial charge in [0.05, 0.1) is 12.1 Å². The quantitative estimate of drug-likeness (QED) is 0.748. The summed E-state index contributed by atoms with van der Waals surface area (Å²) < 4.78 is 0.491. The summed E-state index contributed by atoms with van der Waals surface area (Å²) in [5.41, 5.74) is 0.613. The van der Waals surface area contributed by atoms with Crippen LogP contribution in [0.4, 0.5) is 5.69 Å². The van der Waals surface area contributed by atoms with Crippen molar-refractivity contribution in [2.24, 2.45) is 5.92 Å². The summed E-state index contributed by atoms with van der Waals surface area (Å²) in [5.74, 6) is -0.478. The predicted octanol–water partition coefficient (Wildman–Crippen LogP) is 2.09. The Bertz CT molecular complexity index is 501. The molecule has 5 nitrogen and oxygen atoms in total. The fourth-order valence-corrected chi connectivity index (χ4v) is 2.10. The minimum Gasteiger partial charge on any atom is -0.478 e. The minimum absolute atomic E-state index is 0.128. The van der Waals surface area contributed by atoms with Gasteiger partial charge in [-0.15, -0.1) is 0 Å². The monoisotopic (exact) mass is 326 g/mol. The van der Waals surface area contributed by atoms with Crippen LogP contribution in [0.15, 0.2) is 22.7 Å². The van der Waals surface area contributed by atoms with Gasteiger partial charge in [-0.3, -0.25) is 4.79 Å². The van der Waals surface area contributed by atoms with E-state index in [1.807, 2.05) is 0 Å². The number of aromatic carboxylic acids is 1. The fourth-order valence-electron chi connectivity index (χ4n) is 1.68. The molecule has 0 unspecified atom stereocenters. The molecule has 0 bridgehead atoms. The first-order chi connectivity index (χ1) is 9.06. The van der Waals surface area contributed by atoms with Crippen LogP contribution in [0.5, 0.6) is 0 Å². The van der Waals surface area contributed by atoms with E-state index in [2.05, 4.69) is 26.6 Å². The Labute approximate surface area is 119 Å². The number of halogens is 1.